The number of nitrogens with two attached hydrogens (primary N) is 1. The van der Waals surface area contributed by atoms with Crippen molar-refractivity contribution in [3.05, 3.63) is 0 Å². The van der Waals surface area contributed by atoms with Crippen molar-refractivity contribution in [2.24, 2.45) is 5.73 Å². The molecule has 1 atom stereocenters. The van der Waals surface area contributed by atoms with E-state index in [1.54, 1.807) is 0 Å². The van der Waals surface area contributed by atoms with Crippen LogP contribution >= 0.6 is 22.9 Å². The number of amides is 1. The summed E-state index contributed by atoms with van der Waals surface area (Å²) in [7, 11) is 0. The Morgan fingerprint density at radius 2 is 2.00 bits per heavy atom. The minimum Gasteiger partial charge on any atom is -0.365 e. The second kappa shape index (κ2) is 3.26. The molecular formula is C7H14IN2O+. The smallest absolute Gasteiger partial charge is 0.276 e. The molecule has 1 unspecified atom stereocenters. The van der Waals surface area contributed by atoms with Crippen LogP contribution in [0.1, 0.15) is 19.8 Å². The summed E-state index contributed by atoms with van der Waals surface area (Å²) in [4.78, 5) is 10.9. The molecule has 1 fully saturated rings. The Kier molecular flexibility index (Phi) is 2.74. The summed E-state index contributed by atoms with van der Waals surface area (Å²) in [5.74, 6) is -0.179. The van der Waals surface area contributed by atoms with Crippen LogP contribution in [0.25, 0.3) is 0 Å². The van der Waals surface area contributed by atoms with Crippen molar-refractivity contribution in [2.45, 2.75) is 25.8 Å². The first-order chi connectivity index (χ1) is 5.06. The Hall–Kier alpha value is 0.160. The van der Waals surface area contributed by atoms with Crippen LogP contribution < -0.4 is 5.73 Å². The lowest BCUT2D eigenvalue weighted by Gasteiger charge is -2.29. The zero-order chi connectivity index (χ0) is 8.48. The summed E-state index contributed by atoms with van der Waals surface area (Å²) in [6.45, 7) is 4.09. The average molecular weight is 269 g/mol. The fourth-order valence-corrected chi connectivity index (χ4v) is 2.43. The molecule has 1 rings (SSSR count). The number of halogens is 1. The van der Waals surface area contributed by atoms with Crippen LogP contribution in [-0.2, 0) is 4.79 Å². The number of primary amides is 1. The number of nitrogens with zero attached hydrogens (tertiary/aromatic N) is 1. The quantitative estimate of drug-likeness (QED) is 0.585. The molecule has 0 saturated carbocycles. The summed E-state index contributed by atoms with van der Waals surface area (Å²) in [6.07, 6.45) is 2.45. The number of hydrogen-bond donors (Lipinski definition) is 1. The highest BCUT2D eigenvalue weighted by Crippen LogP contribution is 2.29. The van der Waals surface area contributed by atoms with Gasteiger partial charge in [0.2, 0.25) is 22.9 Å². The molecule has 0 spiro atoms. The zero-order valence-corrected chi connectivity index (χ0v) is 8.87. The van der Waals surface area contributed by atoms with Crippen LogP contribution in [0.3, 0.4) is 0 Å². The van der Waals surface area contributed by atoms with Gasteiger partial charge in [0.15, 0.2) is 6.04 Å². The molecule has 3 nitrogen and oxygen atoms in total. The Morgan fingerprint density at radius 1 is 1.55 bits per heavy atom. The maximum atomic E-state index is 10.9. The lowest BCUT2D eigenvalue weighted by molar-refractivity contribution is -0.754. The monoisotopic (exact) mass is 269 g/mol. The van der Waals surface area contributed by atoms with Crippen LogP contribution in [0.5, 0.6) is 0 Å². The van der Waals surface area contributed by atoms with Gasteiger partial charge in [-0.2, -0.15) is 0 Å². The summed E-state index contributed by atoms with van der Waals surface area (Å²) in [5, 5.41) is 0. The van der Waals surface area contributed by atoms with E-state index in [2.05, 4.69) is 22.9 Å². The predicted molar refractivity (Wildman–Crippen MR) is 51.9 cm³/mol. The van der Waals surface area contributed by atoms with E-state index in [0.29, 0.717) is 0 Å². The van der Waals surface area contributed by atoms with E-state index in [4.69, 9.17) is 5.73 Å². The number of rotatable bonds is 2. The first kappa shape index (κ1) is 9.25. The Morgan fingerprint density at radius 3 is 2.36 bits per heavy atom. The molecule has 0 radical (unpaired) electrons. The Bertz CT molecular complexity index is 166. The molecule has 0 aromatic heterocycles. The fraction of sp³-hybridized carbons (Fsp3) is 0.857. The van der Waals surface area contributed by atoms with Crippen molar-refractivity contribution in [1.29, 1.82) is 0 Å². The minimum atomic E-state index is -0.179. The van der Waals surface area contributed by atoms with Gasteiger partial charge in [0.1, 0.15) is 0 Å². The molecule has 2 N–H and O–H groups in total. The molecule has 0 aliphatic carbocycles. The molecule has 1 heterocycles. The molecule has 0 aromatic carbocycles. The molecule has 1 aliphatic rings. The van der Waals surface area contributed by atoms with E-state index in [9.17, 15) is 4.79 Å². The number of quaternary nitrogens is 1. The van der Waals surface area contributed by atoms with Gasteiger partial charge in [0, 0.05) is 12.8 Å². The van der Waals surface area contributed by atoms with Crippen LogP contribution in [-0.4, -0.2) is 27.7 Å². The Balaban J connectivity index is 2.63. The maximum absolute atomic E-state index is 10.9. The van der Waals surface area contributed by atoms with Crippen LogP contribution in [0.2, 0.25) is 0 Å². The van der Waals surface area contributed by atoms with Gasteiger partial charge in [-0.05, 0) is 6.92 Å². The van der Waals surface area contributed by atoms with Gasteiger partial charge in [-0.25, -0.2) is 0 Å². The number of likely N-dealkylation sites (tertiary alicyclic amines) is 1. The summed E-state index contributed by atoms with van der Waals surface area (Å²) in [6, 6.07) is -0.0295. The lowest BCUT2D eigenvalue weighted by atomic mass is 10.3. The van der Waals surface area contributed by atoms with Gasteiger partial charge in [0.05, 0.1) is 13.1 Å². The van der Waals surface area contributed by atoms with Gasteiger partial charge in [0.25, 0.3) is 5.91 Å². The second-order valence-corrected chi connectivity index (χ2v) is 5.08. The molecule has 11 heavy (non-hydrogen) atoms. The van der Waals surface area contributed by atoms with Crippen LogP contribution in [0.15, 0.2) is 0 Å². The van der Waals surface area contributed by atoms with Crippen LogP contribution in [0.4, 0.5) is 0 Å². The highest BCUT2D eigenvalue weighted by molar-refractivity contribution is 14.1. The van der Waals surface area contributed by atoms with Crippen molar-refractivity contribution in [3.63, 3.8) is 0 Å². The largest absolute Gasteiger partial charge is 0.365 e. The normalized spacial score (nSPS) is 24.9. The third kappa shape index (κ3) is 1.84. The van der Waals surface area contributed by atoms with Crippen molar-refractivity contribution >= 4 is 28.8 Å². The van der Waals surface area contributed by atoms with Gasteiger partial charge in [-0.15, -0.1) is 0 Å². The van der Waals surface area contributed by atoms with Gasteiger partial charge < -0.3 is 5.73 Å². The molecule has 0 aromatic rings. The molecule has 64 valence electrons. The zero-order valence-electron chi connectivity index (χ0n) is 6.72. The third-order valence-corrected chi connectivity index (χ3v) is 4.22. The van der Waals surface area contributed by atoms with E-state index >= 15 is 0 Å². The first-order valence-electron chi connectivity index (χ1n) is 3.92. The summed E-state index contributed by atoms with van der Waals surface area (Å²) in [5.41, 5.74) is 5.24. The van der Waals surface area contributed by atoms with E-state index in [-0.39, 0.29) is 11.9 Å². The average Bonchev–Trinajstić information content (AvgIpc) is 2.35. The summed E-state index contributed by atoms with van der Waals surface area (Å²) >= 11 is 2.34. The highest BCUT2D eigenvalue weighted by atomic mass is 127. The van der Waals surface area contributed by atoms with E-state index < -0.39 is 0 Å². The molecule has 1 aliphatic heterocycles. The van der Waals surface area contributed by atoms with Crippen molar-refractivity contribution < 1.29 is 7.49 Å². The van der Waals surface area contributed by atoms with Crippen molar-refractivity contribution in [1.82, 2.24) is 0 Å². The molecule has 1 saturated heterocycles. The van der Waals surface area contributed by atoms with Crippen molar-refractivity contribution in [3.8, 4) is 0 Å². The molecular weight excluding hydrogens is 255 g/mol. The lowest BCUT2D eigenvalue weighted by Crippen LogP contribution is -2.49. The second-order valence-electron chi connectivity index (χ2n) is 3.16. The van der Waals surface area contributed by atoms with Crippen LogP contribution in [0, 0.1) is 0 Å². The third-order valence-electron chi connectivity index (χ3n) is 2.42. The number of hydrogen-bond acceptors (Lipinski definition) is 1. The van der Waals surface area contributed by atoms with E-state index in [1.807, 2.05) is 6.92 Å². The molecule has 4 heteroatoms. The maximum Gasteiger partial charge on any atom is 0.276 e. The SMILES string of the molecule is CC(C(N)=O)[N+]1(I)CCCC1. The van der Waals surface area contributed by atoms with Gasteiger partial charge in [-0.1, -0.05) is 0 Å². The topological polar surface area (TPSA) is 43.1 Å². The van der Waals surface area contributed by atoms with Gasteiger partial charge >= 0.3 is 0 Å². The molecule has 0 bridgehead atoms. The van der Waals surface area contributed by atoms with E-state index in [1.165, 1.54) is 12.8 Å². The Labute approximate surface area is 81.0 Å². The number of carbonyl (C=O) groups excluding carboxylic acids is 1. The highest BCUT2D eigenvalue weighted by Gasteiger charge is 2.38. The predicted octanol–water partition coefficient (Wildman–Crippen LogP) is 0.821. The molecule has 1 amide bonds. The number of carbonyl (C=O) groups is 1. The van der Waals surface area contributed by atoms with Crippen molar-refractivity contribution in [2.75, 3.05) is 13.1 Å². The summed E-state index contributed by atoms with van der Waals surface area (Å²) < 4.78 is 0.813. The van der Waals surface area contributed by atoms with Gasteiger partial charge in [-0.3, -0.25) is 7.49 Å². The minimum absolute atomic E-state index is 0.0295. The van der Waals surface area contributed by atoms with E-state index in [0.717, 1.165) is 15.8 Å². The fourth-order valence-electron chi connectivity index (χ4n) is 1.48. The standard InChI is InChI=1S/C7H13IN2O/c1-6(7(9)11)10(8)4-2-3-5-10/h6H,2-5H2,1H3,(H-,9,11)/p+1. The first-order valence-corrected chi connectivity index (χ1v) is 4.88.